The minimum Gasteiger partial charge on any atom is -0.508 e. The number of phenols is 1. The molecule has 2 aromatic rings. The molecule has 21 heavy (non-hydrogen) atoms. The minimum absolute atomic E-state index is 0.119. The van der Waals surface area contributed by atoms with E-state index in [-0.39, 0.29) is 17.7 Å². The van der Waals surface area contributed by atoms with Crippen LogP contribution < -0.4 is 11.1 Å². The Kier molecular flexibility index (Phi) is 4.90. The van der Waals surface area contributed by atoms with Crippen LogP contribution in [0.3, 0.4) is 0 Å². The Morgan fingerprint density at radius 2 is 1.86 bits per heavy atom. The molecule has 0 bridgehead atoms. The van der Waals surface area contributed by atoms with E-state index in [1.165, 1.54) is 0 Å². The van der Waals surface area contributed by atoms with E-state index in [0.29, 0.717) is 6.42 Å². The molecular formula is C16H19N3O2. The third-order valence-electron chi connectivity index (χ3n) is 3.29. The smallest absolute Gasteiger partial charge is 0.237 e. The maximum atomic E-state index is 12.1. The van der Waals surface area contributed by atoms with Crippen LogP contribution in [-0.2, 0) is 11.2 Å². The van der Waals surface area contributed by atoms with E-state index in [1.54, 1.807) is 36.7 Å². The van der Waals surface area contributed by atoms with Gasteiger partial charge >= 0.3 is 0 Å². The Morgan fingerprint density at radius 1 is 1.24 bits per heavy atom. The Morgan fingerprint density at radius 3 is 2.48 bits per heavy atom. The maximum Gasteiger partial charge on any atom is 0.237 e. The zero-order chi connectivity index (χ0) is 15.2. The highest BCUT2D eigenvalue weighted by atomic mass is 16.3. The molecule has 0 aliphatic heterocycles. The van der Waals surface area contributed by atoms with Gasteiger partial charge in [0.1, 0.15) is 5.75 Å². The molecule has 2 rings (SSSR count). The first-order valence-electron chi connectivity index (χ1n) is 6.80. The minimum atomic E-state index is -0.626. The Labute approximate surface area is 123 Å². The average Bonchev–Trinajstić information content (AvgIpc) is 2.50. The van der Waals surface area contributed by atoms with Gasteiger partial charge in [0.15, 0.2) is 0 Å². The van der Waals surface area contributed by atoms with E-state index in [0.717, 1.165) is 11.1 Å². The fraction of sp³-hybridized carbons (Fsp3) is 0.250. The van der Waals surface area contributed by atoms with Gasteiger partial charge in [-0.1, -0.05) is 12.1 Å². The lowest BCUT2D eigenvalue weighted by molar-refractivity contribution is -0.123. The zero-order valence-electron chi connectivity index (χ0n) is 11.9. The van der Waals surface area contributed by atoms with Crippen molar-refractivity contribution in [2.24, 2.45) is 5.73 Å². The first-order valence-corrected chi connectivity index (χ1v) is 6.80. The summed E-state index contributed by atoms with van der Waals surface area (Å²) in [5.41, 5.74) is 7.82. The Bertz CT molecular complexity index is 584. The van der Waals surface area contributed by atoms with Crippen molar-refractivity contribution in [3.8, 4) is 5.75 Å². The number of nitrogens with one attached hydrogen (secondary N) is 1. The molecule has 0 spiro atoms. The monoisotopic (exact) mass is 285 g/mol. The average molecular weight is 285 g/mol. The van der Waals surface area contributed by atoms with Gasteiger partial charge in [0.05, 0.1) is 12.1 Å². The van der Waals surface area contributed by atoms with Crippen molar-refractivity contribution in [2.45, 2.75) is 25.4 Å². The number of hydrogen-bond donors (Lipinski definition) is 3. The molecule has 5 heteroatoms. The van der Waals surface area contributed by atoms with E-state index in [4.69, 9.17) is 5.73 Å². The molecular weight excluding hydrogens is 266 g/mol. The Hall–Kier alpha value is -2.40. The standard InChI is InChI=1S/C16H19N3O2/c1-11(13-6-8-18-9-7-13)19-16(21)15(17)10-12-2-4-14(20)5-3-12/h2-9,11,15,20H,10,17H2,1H3,(H,19,21)/t11?,15-/m0/s1. The molecule has 0 fully saturated rings. The molecule has 0 radical (unpaired) electrons. The van der Waals surface area contributed by atoms with Crippen LogP contribution in [0, 0.1) is 0 Å². The van der Waals surface area contributed by atoms with Crippen molar-refractivity contribution in [3.05, 3.63) is 59.9 Å². The summed E-state index contributed by atoms with van der Waals surface area (Å²) in [6, 6.07) is 9.65. The van der Waals surface area contributed by atoms with Gasteiger partial charge < -0.3 is 16.2 Å². The number of aromatic nitrogens is 1. The second-order valence-electron chi connectivity index (χ2n) is 4.99. The quantitative estimate of drug-likeness (QED) is 0.777. The van der Waals surface area contributed by atoms with Crippen LogP contribution in [-0.4, -0.2) is 22.0 Å². The number of phenolic OH excluding ortho intramolecular Hbond substituents is 1. The van der Waals surface area contributed by atoms with Crippen LogP contribution in [0.1, 0.15) is 24.1 Å². The van der Waals surface area contributed by atoms with Gasteiger partial charge in [0.2, 0.25) is 5.91 Å². The highest BCUT2D eigenvalue weighted by Gasteiger charge is 2.17. The summed E-state index contributed by atoms with van der Waals surface area (Å²) < 4.78 is 0. The number of carbonyl (C=O) groups is 1. The molecule has 2 atom stereocenters. The van der Waals surface area contributed by atoms with E-state index in [9.17, 15) is 9.90 Å². The van der Waals surface area contributed by atoms with Crippen molar-refractivity contribution in [2.75, 3.05) is 0 Å². The number of carbonyl (C=O) groups excluding carboxylic acids is 1. The number of hydrogen-bond acceptors (Lipinski definition) is 4. The number of aromatic hydroxyl groups is 1. The van der Waals surface area contributed by atoms with E-state index < -0.39 is 6.04 Å². The summed E-state index contributed by atoms with van der Waals surface area (Å²) in [7, 11) is 0. The highest BCUT2D eigenvalue weighted by Crippen LogP contribution is 2.13. The van der Waals surface area contributed by atoms with Crippen molar-refractivity contribution in [1.82, 2.24) is 10.3 Å². The number of nitrogens with two attached hydrogens (primary N) is 1. The molecule has 4 N–H and O–H groups in total. The lowest BCUT2D eigenvalue weighted by Gasteiger charge is -2.18. The molecule has 1 unspecified atom stereocenters. The van der Waals surface area contributed by atoms with Crippen LogP contribution in [0.4, 0.5) is 0 Å². The molecule has 1 aromatic heterocycles. The second kappa shape index (κ2) is 6.85. The topological polar surface area (TPSA) is 88.2 Å². The highest BCUT2D eigenvalue weighted by molar-refractivity contribution is 5.82. The molecule has 0 saturated carbocycles. The predicted octanol–water partition coefficient (Wildman–Crippen LogP) is 1.53. The number of amides is 1. The van der Waals surface area contributed by atoms with Crippen LogP contribution in [0.15, 0.2) is 48.8 Å². The molecule has 5 nitrogen and oxygen atoms in total. The molecule has 0 saturated heterocycles. The molecule has 1 amide bonds. The van der Waals surface area contributed by atoms with Crippen LogP contribution in [0.2, 0.25) is 0 Å². The largest absolute Gasteiger partial charge is 0.508 e. The predicted molar refractivity (Wildman–Crippen MR) is 80.6 cm³/mol. The number of nitrogens with zero attached hydrogens (tertiary/aromatic N) is 1. The van der Waals surface area contributed by atoms with Gasteiger partial charge in [-0.25, -0.2) is 0 Å². The van der Waals surface area contributed by atoms with Crippen molar-refractivity contribution in [1.29, 1.82) is 0 Å². The molecule has 1 aromatic carbocycles. The number of benzene rings is 1. The second-order valence-corrected chi connectivity index (χ2v) is 4.99. The van der Waals surface area contributed by atoms with Crippen molar-refractivity contribution >= 4 is 5.91 Å². The summed E-state index contributed by atoms with van der Waals surface area (Å²) in [5.74, 6) is -0.00419. The normalized spacial score (nSPS) is 13.4. The summed E-state index contributed by atoms with van der Waals surface area (Å²) >= 11 is 0. The third kappa shape index (κ3) is 4.29. The summed E-state index contributed by atoms with van der Waals surface area (Å²) in [6.45, 7) is 1.90. The number of rotatable bonds is 5. The van der Waals surface area contributed by atoms with Gasteiger partial charge in [-0.3, -0.25) is 9.78 Å². The summed E-state index contributed by atoms with van der Waals surface area (Å²) in [6.07, 6.45) is 3.80. The van der Waals surface area contributed by atoms with Crippen LogP contribution >= 0.6 is 0 Å². The summed E-state index contributed by atoms with van der Waals surface area (Å²) in [4.78, 5) is 16.0. The van der Waals surface area contributed by atoms with Crippen molar-refractivity contribution < 1.29 is 9.90 Å². The fourth-order valence-electron chi connectivity index (χ4n) is 2.03. The van der Waals surface area contributed by atoms with Crippen LogP contribution in [0.5, 0.6) is 5.75 Å². The van der Waals surface area contributed by atoms with Gasteiger partial charge in [-0.2, -0.15) is 0 Å². The van der Waals surface area contributed by atoms with Crippen molar-refractivity contribution in [3.63, 3.8) is 0 Å². The van der Waals surface area contributed by atoms with Gasteiger partial charge in [0, 0.05) is 12.4 Å². The fourth-order valence-corrected chi connectivity index (χ4v) is 2.03. The first kappa shape index (κ1) is 15.0. The zero-order valence-corrected chi connectivity index (χ0v) is 11.9. The van der Waals surface area contributed by atoms with Gasteiger partial charge in [-0.15, -0.1) is 0 Å². The first-order chi connectivity index (χ1) is 10.1. The van der Waals surface area contributed by atoms with Gasteiger partial charge in [0.25, 0.3) is 0 Å². The van der Waals surface area contributed by atoms with Gasteiger partial charge in [-0.05, 0) is 48.7 Å². The lowest BCUT2D eigenvalue weighted by atomic mass is 10.0. The molecule has 110 valence electrons. The summed E-state index contributed by atoms with van der Waals surface area (Å²) in [5, 5.41) is 12.1. The number of pyridine rings is 1. The molecule has 0 aliphatic rings. The van der Waals surface area contributed by atoms with Crippen LogP contribution in [0.25, 0.3) is 0 Å². The van der Waals surface area contributed by atoms with E-state index in [2.05, 4.69) is 10.3 Å². The SMILES string of the molecule is CC(NC(=O)[C@@H](N)Cc1ccc(O)cc1)c1ccncc1. The van der Waals surface area contributed by atoms with E-state index >= 15 is 0 Å². The van der Waals surface area contributed by atoms with E-state index in [1.807, 2.05) is 19.1 Å². The Balaban J connectivity index is 1.92. The lowest BCUT2D eigenvalue weighted by Crippen LogP contribution is -2.42. The molecule has 1 heterocycles. The maximum absolute atomic E-state index is 12.1. The third-order valence-corrected chi connectivity index (χ3v) is 3.29. The molecule has 0 aliphatic carbocycles.